The van der Waals surface area contributed by atoms with Crippen molar-refractivity contribution in [3.63, 3.8) is 0 Å². The molecule has 0 unspecified atom stereocenters. The molecule has 0 fully saturated rings. The van der Waals surface area contributed by atoms with Crippen molar-refractivity contribution in [1.29, 1.82) is 0 Å². The number of benzene rings is 2. The molecule has 2 amide bonds. The number of amides is 2. The van der Waals surface area contributed by atoms with Crippen LogP contribution in [0.5, 0.6) is 11.5 Å². The van der Waals surface area contributed by atoms with Crippen LogP contribution in [0.2, 0.25) is 0 Å². The summed E-state index contributed by atoms with van der Waals surface area (Å²) >= 11 is 0. The molecular formula is C20H22N2O4. The molecule has 3 rings (SSSR count). The number of fused-ring (bicyclic) bond motifs is 1. The molecule has 0 aliphatic carbocycles. The molecule has 6 nitrogen and oxygen atoms in total. The smallest absolute Gasteiger partial charge is 0.240 e. The highest BCUT2D eigenvalue weighted by atomic mass is 16.7. The number of nitrogens with zero attached hydrogens (tertiary/aromatic N) is 1. The predicted octanol–water partition coefficient (Wildman–Crippen LogP) is 2.70. The fraction of sp³-hybridized carbons (Fsp3) is 0.300. The highest BCUT2D eigenvalue weighted by Gasteiger charge is 2.17. The van der Waals surface area contributed by atoms with Crippen molar-refractivity contribution >= 4 is 17.5 Å². The Morgan fingerprint density at radius 1 is 1.04 bits per heavy atom. The molecular weight excluding hydrogens is 332 g/mol. The van der Waals surface area contributed by atoms with E-state index in [2.05, 4.69) is 5.32 Å². The second-order valence-corrected chi connectivity index (χ2v) is 6.34. The quantitative estimate of drug-likeness (QED) is 0.896. The minimum absolute atomic E-state index is 0.0254. The molecule has 1 aliphatic rings. The van der Waals surface area contributed by atoms with E-state index in [1.54, 1.807) is 0 Å². The molecule has 0 saturated heterocycles. The van der Waals surface area contributed by atoms with Crippen molar-refractivity contribution in [2.45, 2.75) is 27.3 Å². The molecule has 1 aliphatic heterocycles. The van der Waals surface area contributed by atoms with Crippen LogP contribution in [0.3, 0.4) is 0 Å². The summed E-state index contributed by atoms with van der Waals surface area (Å²) in [6.45, 7) is 6.00. The summed E-state index contributed by atoms with van der Waals surface area (Å²) in [5.41, 5.74) is 3.85. The van der Waals surface area contributed by atoms with E-state index in [0.29, 0.717) is 18.0 Å². The Balaban J connectivity index is 1.63. The van der Waals surface area contributed by atoms with Crippen LogP contribution in [0.1, 0.15) is 23.6 Å². The van der Waals surface area contributed by atoms with Crippen molar-refractivity contribution in [3.05, 3.63) is 53.1 Å². The number of anilines is 1. The molecule has 0 atom stereocenters. The van der Waals surface area contributed by atoms with Crippen LogP contribution in [0, 0.1) is 13.8 Å². The standard InChI is InChI=1S/C20H22N2O4/c1-13-4-6-17(8-14(13)2)22(15(3)23)11-20(24)21-10-16-5-7-18-19(9-16)26-12-25-18/h4-9H,10-12H2,1-3H3,(H,21,24). The Bertz CT molecular complexity index is 848. The van der Waals surface area contributed by atoms with E-state index in [0.717, 1.165) is 22.4 Å². The Kier molecular flexibility index (Phi) is 5.11. The first-order valence-electron chi connectivity index (χ1n) is 8.44. The molecule has 2 aromatic carbocycles. The molecule has 26 heavy (non-hydrogen) atoms. The molecule has 6 heteroatoms. The van der Waals surface area contributed by atoms with E-state index in [1.807, 2.05) is 50.2 Å². The maximum atomic E-state index is 12.3. The van der Waals surface area contributed by atoms with Gasteiger partial charge in [-0.3, -0.25) is 9.59 Å². The molecule has 2 aromatic rings. The fourth-order valence-corrected chi connectivity index (χ4v) is 2.73. The summed E-state index contributed by atoms with van der Waals surface area (Å²) in [5, 5.41) is 2.84. The lowest BCUT2D eigenvalue weighted by Crippen LogP contribution is -2.39. The van der Waals surface area contributed by atoms with Gasteiger partial charge in [0.2, 0.25) is 18.6 Å². The van der Waals surface area contributed by atoms with Crippen LogP contribution >= 0.6 is 0 Å². The number of hydrogen-bond donors (Lipinski definition) is 1. The Morgan fingerprint density at radius 2 is 1.81 bits per heavy atom. The van der Waals surface area contributed by atoms with Gasteiger partial charge in [0.15, 0.2) is 11.5 Å². The molecule has 1 heterocycles. The van der Waals surface area contributed by atoms with Crippen LogP contribution in [-0.2, 0) is 16.1 Å². The topological polar surface area (TPSA) is 67.9 Å². The molecule has 1 N–H and O–H groups in total. The van der Waals surface area contributed by atoms with Gasteiger partial charge in [0, 0.05) is 19.2 Å². The first kappa shape index (κ1) is 17.8. The van der Waals surface area contributed by atoms with Crippen LogP contribution < -0.4 is 19.7 Å². The SMILES string of the molecule is CC(=O)N(CC(=O)NCc1ccc2c(c1)OCO2)c1ccc(C)c(C)c1. The zero-order valence-corrected chi connectivity index (χ0v) is 15.2. The molecule has 0 saturated carbocycles. The van der Waals surface area contributed by atoms with Gasteiger partial charge in [0.25, 0.3) is 0 Å². The van der Waals surface area contributed by atoms with Gasteiger partial charge < -0.3 is 19.7 Å². The number of hydrogen-bond acceptors (Lipinski definition) is 4. The first-order valence-corrected chi connectivity index (χ1v) is 8.44. The minimum atomic E-state index is -0.226. The van der Waals surface area contributed by atoms with Crippen molar-refractivity contribution in [2.75, 3.05) is 18.2 Å². The molecule has 0 radical (unpaired) electrons. The van der Waals surface area contributed by atoms with E-state index in [1.165, 1.54) is 11.8 Å². The summed E-state index contributed by atoms with van der Waals surface area (Å²) in [6.07, 6.45) is 0. The summed E-state index contributed by atoms with van der Waals surface area (Å²) in [5.74, 6) is 0.984. The number of nitrogens with one attached hydrogen (secondary N) is 1. The Hall–Kier alpha value is -3.02. The van der Waals surface area contributed by atoms with Crippen molar-refractivity contribution in [1.82, 2.24) is 5.32 Å². The second-order valence-electron chi connectivity index (χ2n) is 6.34. The van der Waals surface area contributed by atoms with Gasteiger partial charge in [-0.15, -0.1) is 0 Å². The highest BCUT2D eigenvalue weighted by Crippen LogP contribution is 2.32. The fourth-order valence-electron chi connectivity index (χ4n) is 2.73. The van der Waals surface area contributed by atoms with E-state index in [9.17, 15) is 9.59 Å². The summed E-state index contributed by atoms with van der Waals surface area (Å²) in [6, 6.07) is 11.3. The summed E-state index contributed by atoms with van der Waals surface area (Å²) < 4.78 is 10.6. The molecule has 0 aromatic heterocycles. The lowest BCUT2D eigenvalue weighted by atomic mass is 10.1. The van der Waals surface area contributed by atoms with Crippen LogP contribution in [-0.4, -0.2) is 25.2 Å². The van der Waals surface area contributed by atoms with E-state index in [4.69, 9.17) is 9.47 Å². The second kappa shape index (κ2) is 7.47. The average molecular weight is 354 g/mol. The van der Waals surface area contributed by atoms with Gasteiger partial charge in [-0.2, -0.15) is 0 Å². The predicted molar refractivity (Wildman–Crippen MR) is 98.4 cm³/mol. The van der Waals surface area contributed by atoms with Gasteiger partial charge in [-0.25, -0.2) is 0 Å². The zero-order valence-electron chi connectivity index (χ0n) is 15.2. The van der Waals surface area contributed by atoms with Crippen molar-refractivity contribution < 1.29 is 19.1 Å². The molecule has 0 bridgehead atoms. The third kappa shape index (κ3) is 3.96. The first-order chi connectivity index (χ1) is 12.4. The normalized spacial score (nSPS) is 12.0. The van der Waals surface area contributed by atoms with E-state index >= 15 is 0 Å². The number of rotatable bonds is 5. The van der Waals surface area contributed by atoms with E-state index < -0.39 is 0 Å². The van der Waals surface area contributed by atoms with Crippen LogP contribution in [0.4, 0.5) is 5.69 Å². The van der Waals surface area contributed by atoms with Gasteiger partial charge in [0.1, 0.15) is 6.54 Å². The van der Waals surface area contributed by atoms with E-state index in [-0.39, 0.29) is 25.2 Å². The molecule has 136 valence electrons. The lowest BCUT2D eigenvalue weighted by molar-refractivity contribution is -0.123. The van der Waals surface area contributed by atoms with Crippen LogP contribution in [0.15, 0.2) is 36.4 Å². The lowest BCUT2D eigenvalue weighted by Gasteiger charge is -2.21. The number of carbonyl (C=O) groups excluding carboxylic acids is 2. The highest BCUT2D eigenvalue weighted by molar-refractivity contribution is 5.97. The van der Waals surface area contributed by atoms with Gasteiger partial charge in [-0.05, 0) is 54.8 Å². The maximum absolute atomic E-state index is 12.3. The minimum Gasteiger partial charge on any atom is -0.454 e. The molecule has 0 spiro atoms. The Morgan fingerprint density at radius 3 is 2.54 bits per heavy atom. The Labute approximate surface area is 152 Å². The number of aryl methyl sites for hydroxylation is 2. The number of ether oxygens (including phenoxy) is 2. The van der Waals surface area contributed by atoms with Gasteiger partial charge in [-0.1, -0.05) is 12.1 Å². The third-order valence-electron chi connectivity index (χ3n) is 4.41. The average Bonchev–Trinajstić information content (AvgIpc) is 3.08. The zero-order chi connectivity index (χ0) is 18.7. The van der Waals surface area contributed by atoms with Crippen LogP contribution in [0.25, 0.3) is 0 Å². The number of carbonyl (C=O) groups is 2. The van der Waals surface area contributed by atoms with Gasteiger partial charge >= 0.3 is 0 Å². The maximum Gasteiger partial charge on any atom is 0.240 e. The monoisotopic (exact) mass is 354 g/mol. The largest absolute Gasteiger partial charge is 0.454 e. The van der Waals surface area contributed by atoms with Crippen molar-refractivity contribution in [3.8, 4) is 11.5 Å². The van der Waals surface area contributed by atoms with Crippen molar-refractivity contribution in [2.24, 2.45) is 0 Å². The summed E-state index contributed by atoms with van der Waals surface area (Å²) in [7, 11) is 0. The van der Waals surface area contributed by atoms with Gasteiger partial charge in [0.05, 0.1) is 0 Å². The third-order valence-corrected chi connectivity index (χ3v) is 4.41. The summed E-state index contributed by atoms with van der Waals surface area (Å²) in [4.78, 5) is 25.8.